The van der Waals surface area contributed by atoms with Gasteiger partial charge in [0.25, 0.3) is 0 Å². The number of benzene rings is 1. The van der Waals surface area contributed by atoms with Crippen LogP contribution >= 0.6 is 0 Å². The Morgan fingerprint density at radius 1 is 1.00 bits per heavy atom. The Labute approximate surface area is 102 Å². The summed E-state index contributed by atoms with van der Waals surface area (Å²) in [6.07, 6.45) is -1.33. The van der Waals surface area contributed by atoms with Gasteiger partial charge in [0, 0.05) is 14.2 Å². The molecule has 0 bridgehead atoms. The summed E-state index contributed by atoms with van der Waals surface area (Å²) in [4.78, 5) is 0. The van der Waals surface area contributed by atoms with Gasteiger partial charge in [-0.15, -0.1) is 0 Å². The molecule has 0 aliphatic rings. The molecule has 1 aromatic rings. The predicted octanol–water partition coefficient (Wildman–Crippen LogP) is 2.13. The molecule has 0 amide bonds. The van der Waals surface area contributed by atoms with Gasteiger partial charge in [-0.1, -0.05) is 12.1 Å². The van der Waals surface area contributed by atoms with E-state index in [1.807, 2.05) is 26.0 Å². The van der Waals surface area contributed by atoms with Crippen molar-refractivity contribution >= 4 is 0 Å². The van der Waals surface area contributed by atoms with Crippen molar-refractivity contribution in [1.29, 1.82) is 0 Å². The van der Waals surface area contributed by atoms with Crippen LogP contribution in [0.3, 0.4) is 0 Å². The average Bonchev–Trinajstić information content (AvgIpc) is 2.30. The Kier molecular flexibility index (Phi) is 5.41. The molecule has 4 nitrogen and oxygen atoms in total. The van der Waals surface area contributed by atoms with Crippen molar-refractivity contribution in [3.05, 3.63) is 29.8 Å². The third-order valence-corrected chi connectivity index (χ3v) is 2.32. The molecule has 0 saturated heterocycles. The minimum atomic E-state index is -0.807. The lowest BCUT2D eigenvalue weighted by atomic mass is 10.1. The number of aliphatic hydroxyl groups excluding tert-OH is 1. The summed E-state index contributed by atoms with van der Waals surface area (Å²) in [6.45, 7) is 3.93. The van der Waals surface area contributed by atoms with E-state index in [2.05, 4.69) is 0 Å². The standard InChI is InChI=1S/C13H20O4/c1-9(2)17-11-7-5-10(6-8-11)12(14)13(15-3)16-4/h5-9,12-14H,1-4H3. The van der Waals surface area contributed by atoms with Crippen LogP contribution in [0.1, 0.15) is 25.5 Å². The van der Waals surface area contributed by atoms with Gasteiger partial charge in [0.1, 0.15) is 11.9 Å². The molecule has 0 heterocycles. The molecule has 1 unspecified atom stereocenters. The van der Waals surface area contributed by atoms with Crippen molar-refractivity contribution in [2.45, 2.75) is 32.3 Å². The molecule has 1 rings (SSSR count). The van der Waals surface area contributed by atoms with Gasteiger partial charge in [-0.2, -0.15) is 0 Å². The average molecular weight is 240 g/mol. The Balaban J connectivity index is 2.72. The molecule has 0 aromatic heterocycles. The maximum atomic E-state index is 9.96. The number of methoxy groups -OCH3 is 2. The Hall–Kier alpha value is -1.10. The molecule has 17 heavy (non-hydrogen) atoms. The first-order chi connectivity index (χ1) is 8.08. The first-order valence-corrected chi connectivity index (χ1v) is 5.58. The van der Waals surface area contributed by atoms with Gasteiger partial charge in [-0.3, -0.25) is 0 Å². The van der Waals surface area contributed by atoms with Crippen LogP contribution in [0.5, 0.6) is 5.75 Å². The van der Waals surface area contributed by atoms with Crippen LogP contribution in [-0.2, 0) is 9.47 Å². The first-order valence-electron chi connectivity index (χ1n) is 5.58. The van der Waals surface area contributed by atoms with Gasteiger partial charge >= 0.3 is 0 Å². The van der Waals surface area contributed by atoms with Crippen LogP contribution in [0.25, 0.3) is 0 Å². The highest BCUT2D eigenvalue weighted by Gasteiger charge is 2.19. The number of hydrogen-bond acceptors (Lipinski definition) is 4. The maximum absolute atomic E-state index is 9.96. The molecule has 1 aromatic carbocycles. The maximum Gasteiger partial charge on any atom is 0.187 e. The van der Waals surface area contributed by atoms with E-state index in [1.54, 1.807) is 12.1 Å². The van der Waals surface area contributed by atoms with Gasteiger partial charge in [0.15, 0.2) is 6.29 Å². The highest BCUT2D eigenvalue weighted by molar-refractivity contribution is 5.28. The summed E-state index contributed by atoms with van der Waals surface area (Å²) >= 11 is 0. The van der Waals surface area contributed by atoms with Crippen molar-refractivity contribution in [2.75, 3.05) is 14.2 Å². The second kappa shape index (κ2) is 6.59. The Bertz CT molecular complexity index is 317. The Morgan fingerprint density at radius 3 is 1.94 bits per heavy atom. The van der Waals surface area contributed by atoms with Crippen LogP contribution in [0.15, 0.2) is 24.3 Å². The van der Waals surface area contributed by atoms with E-state index in [4.69, 9.17) is 14.2 Å². The molecule has 1 N–H and O–H groups in total. The molecule has 1 atom stereocenters. The largest absolute Gasteiger partial charge is 0.491 e. The second-order valence-electron chi connectivity index (χ2n) is 4.02. The molecular formula is C13H20O4. The molecule has 96 valence electrons. The summed E-state index contributed by atoms with van der Waals surface area (Å²) in [7, 11) is 2.99. The molecule has 0 spiro atoms. The van der Waals surface area contributed by atoms with Crippen molar-refractivity contribution < 1.29 is 19.3 Å². The van der Waals surface area contributed by atoms with Gasteiger partial charge in [0.2, 0.25) is 0 Å². The molecule has 0 radical (unpaired) electrons. The fourth-order valence-corrected chi connectivity index (χ4v) is 1.53. The van der Waals surface area contributed by atoms with E-state index in [-0.39, 0.29) is 6.10 Å². The summed E-state index contributed by atoms with van der Waals surface area (Å²) in [5.41, 5.74) is 0.731. The van der Waals surface area contributed by atoms with Crippen molar-refractivity contribution in [2.24, 2.45) is 0 Å². The van der Waals surface area contributed by atoms with Crippen molar-refractivity contribution in [3.8, 4) is 5.75 Å². The molecular weight excluding hydrogens is 220 g/mol. The van der Waals surface area contributed by atoms with Crippen molar-refractivity contribution in [3.63, 3.8) is 0 Å². The quantitative estimate of drug-likeness (QED) is 0.774. The minimum Gasteiger partial charge on any atom is -0.491 e. The SMILES string of the molecule is COC(OC)C(O)c1ccc(OC(C)C)cc1. The topological polar surface area (TPSA) is 47.9 Å². The summed E-state index contributed by atoms with van der Waals surface area (Å²) in [6, 6.07) is 7.24. The van der Waals surface area contributed by atoms with Crippen LogP contribution in [0.2, 0.25) is 0 Å². The monoisotopic (exact) mass is 240 g/mol. The molecule has 0 aliphatic heterocycles. The summed E-state index contributed by atoms with van der Waals surface area (Å²) in [5.74, 6) is 0.780. The predicted molar refractivity (Wildman–Crippen MR) is 65.0 cm³/mol. The lowest BCUT2D eigenvalue weighted by molar-refractivity contribution is -0.166. The minimum absolute atomic E-state index is 0.136. The fraction of sp³-hybridized carbons (Fsp3) is 0.538. The van der Waals surface area contributed by atoms with Crippen LogP contribution in [-0.4, -0.2) is 31.7 Å². The summed E-state index contributed by atoms with van der Waals surface area (Å²) < 4.78 is 15.5. The van der Waals surface area contributed by atoms with E-state index < -0.39 is 12.4 Å². The lowest BCUT2D eigenvalue weighted by Crippen LogP contribution is -2.22. The zero-order valence-electron chi connectivity index (χ0n) is 10.7. The van der Waals surface area contributed by atoms with E-state index in [0.717, 1.165) is 11.3 Å². The first kappa shape index (κ1) is 14.0. The summed E-state index contributed by atoms with van der Waals surface area (Å²) in [5, 5.41) is 9.96. The zero-order valence-corrected chi connectivity index (χ0v) is 10.7. The lowest BCUT2D eigenvalue weighted by Gasteiger charge is -2.20. The van der Waals surface area contributed by atoms with E-state index in [9.17, 15) is 5.11 Å². The van der Waals surface area contributed by atoms with E-state index in [1.165, 1.54) is 14.2 Å². The third-order valence-electron chi connectivity index (χ3n) is 2.32. The zero-order chi connectivity index (χ0) is 12.8. The van der Waals surface area contributed by atoms with Gasteiger partial charge < -0.3 is 19.3 Å². The second-order valence-corrected chi connectivity index (χ2v) is 4.02. The van der Waals surface area contributed by atoms with Gasteiger partial charge in [0.05, 0.1) is 6.10 Å². The smallest absolute Gasteiger partial charge is 0.187 e. The Morgan fingerprint density at radius 2 is 1.53 bits per heavy atom. The van der Waals surface area contributed by atoms with Gasteiger partial charge in [-0.05, 0) is 31.5 Å². The van der Waals surface area contributed by atoms with E-state index in [0.29, 0.717) is 0 Å². The molecule has 0 saturated carbocycles. The molecule has 4 heteroatoms. The fourth-order valence-electron chi connectivity index (χ4n) is 1.53. The highest BCUT2D eigenvalue weighted by Crippen LogP contribution is 2.22. The number of hydrogen-bond donors (Lipinski definition) is 1. The molecule has 0 aliphatic carbocycles. The number of ether oxygens (including phenoxy) is 3. The normalized spacial score (nSPS) is 13.1. The highest BCUT2D eigenvalue weighted by atomic mass is 16.7. The van der Waals surface area contributed by atoms with E-state index >= 15 is 0 Å². The number of aliphatic hydroxyl groups is 1. The molecule has 0 fully saturated rings. The number of rotatable bonds is 6. The van der Waals surface area contributed by atoms with Crippen molar-refractivity contribution in [1.82, 2.24) is 0 Å². The van der Waals surface area contributed by atoms with Crippen LogP contribution < -0.4 is 4.74 Å². The van der Waals surface area contributed by atoms with Crippen LogP contribution in [0, 0.1) is 0 Å². The van der Waals surface area contributed by atoms with Crippen LogP contribution in [0.4, 0.5) is 0 Å². The third kappa shape index (κ3) is 4.00. The van der Waals surface area contributed by atoms with Gasteiger partial charge in [-0.25, -0.2) is 0 Å².